The van der Waals surface area contributed by atoms with E-state index in [0.29, 0.717) is 34.8 Å². The minimum absolute atomic E-state index is 0.0769. The van der Waals surface area contributed by atoms with Gasteiger partial charge in [-0.1, -0.05) is 35.9 Å². The number of carbonyl (C=O) groups excluding carboxylic acids is 1. The van der Waals surface area contributed by atoms with Crippen molar-refractivity contribution < 1.29 is 22.8 Å². The molecule has 0 aliphatic carbocycles. The first-order valence-electron chi connectivity index (χ1n) is 11.0. The Bertz CT molecular complexity index is 1340. The number of hydrogen-bond donors (Lipinski definition) is 1. The number of hydrogen-bond acceptors (Lipinski definition) is 5. The average Bonchev–Trinajstić information content (AvgIpc) is 2.86. The van der Waals surface area contributed by atoms with Crippen molar-refractivity contribution in [3.05, 3.63) is 97.9 Å². The summed E-state index contributed by atoms with van der Waals surface area (Å²) in [6, 6.07) is 11.7. The predicted molar refractivity (Wildman–Crippen MR) is 129 cm³/mol. The van der Waals surface area contributed by atoms with E-state index in [2.05, 4.69) is 10.3 Å². The molecule has 0 radical (unpaired) electrons. The molecule has 0 saturated heterocycles. The minimum Gasteiger partial charge on any atom is -0.411 e. The monoisotopic (exact) mass is 518 g/mol. The first kappa shape index (κ1) is 25.3. The number of carbonyl (C=O) groups is 1. The SMILES string of the molecule is COn1c(NCc2ccc(C(F)(F)F)cc2)nc2c(c1=O)CN(C(=O)/C=C/c1ccc(Cl)cc1)CC2. The van der Waals surface area contributed by atoms with Crippen molar-refractivity contribution in [1.82, 2.24) is 14.6 Å². The van der Waals surface area contributed by atoms with Crippen LogP contribution in [0.1, 0.15) is 27.9 Å². The van der Waals surface area contributed by atoms with Crippen molar-refractivity contribution in [2.24, 2.45) is 0 Å². The summed E-state index contributed by atoms with van der Waals surface area (Å²) in [5, 5.41) is 3.55. The van der Waals surface area contributed by atoms with Gasteiger partial charge in [-0.2, -0.15) is 13.2 Å². The lowest BCUT2D eigenvalue weighted by atomic mass is 10.1. The fourth-order valence-electron chi connectivity index (χ4n) is 3.77. The maximum absolute atomic E-state index is 13.1. The third kappa shape index (κ3) is 5.71. The van der Waals surface area contributed by atoms with Crippen molar-refractivity contribution >= 4 is 29.5 Å². The van der Waals surface area contributed by atoms with Crippen LogP contribution in [0.3, 0.4) is 0 Å². The van der Waals surface area contributed by atoms with Crippen molar-refractivity contribution in [2.45, 2.75) is 25.7 Å². The number of amides is 1. The molecule has 1 aliphatic heterocycles. The molecule has 4 rings (SSSR count). The van der Waals surface area contributed by atoms with Gasteiger partial charge in [-0.15, -0.1) is 4.73 Å². The molecular weight excluding hydrogens is 497 g/mol. The number of rotatable bonds is 6. The molecule has 11 heteroatoms. The van der Waals surface area contributed by atoms with E-state index in [9.17, 15) is 22.8 Å². The molecule has 0 unspecified atom stereocenters. The van der Waals surface area contributed by atoms with Gasteiger partial charge in [0.25, 0.3) is 5.56 Å². The zero-order valence-corrected chi connectivity index (χ0v) is 19.9. The van der Waals surface area contributed by atoms with Crippen LogP contribution in [0.2, 0.25) is 5.02 Å². The van der Waals surface area contributed by atoms with E-state index in [0.717, 1.165) is 22.4 Å². The fraction of sp³-hybridized carbons (Fsp3) is 0.240. The number of alkyl halides is 3. The highest BCUT2D eigenvalue weighted by Gasteiger charge is 2.30. The van der Waals surface area contributed by atoms with Crippen molar-refractivity contribution in [2.75, 3.05) is 19.0 Å². The highest BCUT2D eigenvalue weighted by Crippen LogP contribution is 2.29. The Hall–Kier alpha value is -3.79. The molecule has 0 bridgehead atoms. The maximum atomic E-state index is 13.1. The average molecular weight is 519 g/mol. The lowest BCUT2D eigenvalue weighted by Crippen LogP contribution is -2.42. The molecule has 0 fully saturated rings. The molecular formula is C25H22ClF3N4O3. The molecule has 7 nitrogen and oxygen atoms in total. The fourth-order valence-corrected chi connectivity index (χ4v) is 3.89. The molecule has 1 N–H and O–H groups in total. The Morgan fingerprint density at radius 1 is 1.17 bits per heavy atom. The van der Waals surface area contributed by atoms with Gasteiger partial charge in [-0.05, 0) is 41.5 Å². The van der Waals surface area contributed by atoms with Crippen LogP contribution in [0, 0.1) is 0 Å². The Morgan fingerprint density at radius 2 is 1.86 bits per heavy atom. The Labute approximate surface area is 209 Å². The molecule has 188 valence electrons. The van der Waals surface area contributed by atoms with E-state index in [1.165, 1.54) is 25.3 Å². The van der Waals surface area contributed by atoms with Crippen molar-refractivity contribution in [1.29, 1.82) is 0 Å². The summed E-state index contributed by atoms with van der Waals surface area (Å²) in [7, 11) is 1.30. The van der Waals surface area contributed by atoms with Gasteiger partial charge >= 0.3 is 6.18 Å². The highest BCUT2D eigenvalue weighted by atomic mass is 35.5. The summed E-state index contributed by atoms with van der Waals surface area (Å²) in [5.41, 5.74) is 1.07. The lowest BCUT2D eigenvalue weighted by molar-refractivity contribution is -0.137. The van der Waals surface area contributed by atoms with Crippen molar-refractivity contribution in [3.8, 4) is 0 Å². The van der Waals surface area contributed by atoms with E-state index < -0.39 is 17.3 Å². The third-order valence-corrected chi connectivity index (χ3v) is 5.96. The summed E-state index contributed by atoms with van der Waals surface area (Å²) < 4.78 is 39.3. The molecule has 36 heavy (non-hydrogen) atoms. The van der Waals surface area contributed by atoms with Gasteiger partial charge in [0.2, 0.25) is 11.9 Å². The van der Waals surface area contributed by atoms with Gasteiger partial charge in [-0.25, -0.2) is 4.98 Å². The standard InChI is InChI=1S/C25H22ClF3N4O3/c1-36-33-23(35)20-15-32(22(34)11-6-16-4-9-19(26)10-5-16)13-12-21(20)31-24(33)30-14-17-2-7-18(8-3-17)25(27,28)29/h2-11H,12-15H2,1H3,(H,30,31)/b11-6+. The second kappa shape index (κ2) is 10.4. The van der Waals surface area contributed by atoms with Crippen LogP contribution < -0.4 is 15.7 Å². The molecule has 1 aromatic heterocycles. The van der Waals surface area contributed by atoms with Gasteiger partial charge in [0.1, 0.15) is 7.11 Å². The second-order valence-corrected chi connectivity index (χ2v) is 8.52. The summed E-state index contributed by atoms with van der Waals surface area (Å²) in [4.78, 5) is 37.0. The van der Waals surface area contributed by atoms with Crippen LogP contribution in [0.4, 0.5) is 19.1 Å². The summed E-state index contributed by atoms with van der Waals surface area (Å²) in [5.74, 6) is -0.118. The Kier molecular flexibility index (Phi) is 7.35. The molecule has 0 saturated carbocycles. The highest BCUT2D eigenvalue weighted by molar-refractivity contribution is 6.30. The number of fused-ring (bicyclic) bond motifs is 1. The number of nitrogens with one attached hydrogen (secondary N) is 1. The number of aromatic nitrogens is 2. The zero-order valence-electron chi connectivity index (χ0n) is 19.2. The number of nitrogens with zero attached hydrogens (tertiary/aromatic N) is 3. The molecule has 3 aromatic rings. The van der Waals surface area contributed by atoms with Crippen LogP contribution in [-0.4, -0.2) is 34.2 Å². The number of benzene rings is 2. The van der Waals surface area contributed by atoms with Crippen LogP contribution in [0.25, 0.3) is 6.08 Å². The van der Waals surface area contributed by atoms with Crippen LogP contribution in [-0.2, 0) is 30.5 Å². The first-order chi connectivity index (χ1) is 17.2. The lowest BCUT2D eigenvalue weighted by Gasteiger charge is -2.28. The van der Waals surface area contributed by atoms with E-state index >= 15 is 0 Å². The minimum atomic E-state index is -4.41. The zero-order chi connectivity index (χ0) is 25.9. The quantitative estimate of drug-likeness (QED) is 0.495. The van der Waals surface area contributed by atoms with E-state index in [-0.39, 0.29) is 24.9 Å². The first-order valence-corrected chi connectivity index (χ1v) is 11.4. The van der Waals surface area contributed by atoms with Gasteiger partial charge in [0, 0.05) is 30.6 Å². The van der Waals surface area contributed by atoms with E-state index in [1.807, 2.05) is 0 Å². The topological polar surface area (TPSA) is 76.5 Å². The second-order valence-electron chi connectivity index (χ2n) is 8.09. The maximum Gasteiger partial charge on any atom is 0.416 e. The summed E-state index contributed by atoms with van der Waals surface area (Å²) in [6.07, 6.45) is -0.932. The molecule has 0 spiro atoms. The van der Waals surface area contributed by atoms with E-state index in [1.54, 1.807) is 35.2 Å². The molecule has 2 heterocycles. The van der Waals surface area contributed by atoms with E-state index in [4.69, 9.17) is 16.4 Å². The molecule has 2 aromatic carbocycles. The smallest absolute Gasteiger partial charge is 0.411 e. The normalized spacial score (nSPS) is 13.5. The largest absolute Gasteiger partial charge is 0.416 e. The van der Waals surface area contributed by atoms with Crippen LogP contribution >= 0.6 is 11.6 Å². The summed E-state index contributed by atoms with van der Waals surface area (Å²) in [6.45, 7) is 0.582. The molecule has 1 aliphatic rings. The van der Waals surface area contributed by atoms with Gasteiger partial charge in [0.15, 0.2) is 0 Å². The van der Waals surface area contributed by atoms with Crippen LogP contribution in [0.5, 0.6) is 0 Å². The molecule has 1 amide bonds. The summed E-state index contributed by atoms with van der Waals surface area (Å²) >= 11 is 5.88. The van der Waals surface area contributed by atoms with Gasteiger partial charge in [-0.3, -0.25) is 9.59 Å². The Morgan fingerprint density at radius 3 is 2.50 bits per heavy atom. The Balaban J connectivity index is 1.48. The van der Waals surface area contributed by atoms with Gasteiger partial charge in [0.05, 0.1) is 23.4 Å². The number of anilines is 1. The third-order valence-electron chi connectivity index (χ3n) is 5.71. The predicted octanol–water partition coefficient (Wildman–Crippen LogP) is 4.18. The van der Waals surface area contributed by atoms with Gasteiger partial charge < -0.3 is 15.1 Å². The van der Waals surface area contributed by atoms with Crippen LogP contribution in [0.15, 0.2) is 59.4 Å². The van der Waals surface area contributed by atoms with Crippen molar-refractivity contribution in [3.63, 3.8) is 0 Å². The number of halogens is 4. The molecule has 0 atom stereocenters.